The Bertz CT molecular complexity index is 198. The number of nitrogens with one attached hydrogen (secondary N) is 3. The average Bonchev–Trinajstić information content (AvgIpc) is 2.26. The molecular weight excluding hydrogens is 244 g/mol. The first-order valence-electron chi connectivity index (χ1n) is 6.73. The molecule has 0 atom stereocenters. The van der Waals surface area contributed by atoms with Gasteiger partial charge in [-0.15, -0.1) is 0 Å². The van der Waals surface area contributed by atoms with Crippen molar-refractivity contribution in [1.29, 1.82) is 0 Å². The van der Waals surface area contributed by atoms with Crippen molar-refractivity contribution in [2.75, 3.05) is 33.7 Å². The third-order valence-corrected chi connectivity index (χ3v) is 8.76. The highest BCUT2D eigenvalue weighted by Crippen LogP contribution is 2.07. The number of rotatable bonds is 9. The minimum absolute atomic E-state index is 0.952. The topological polar surface area (TPSA) is 39.3 Å². The zero-order valence-electron chi connectivity index (χ0n) is 12.8. The molecule has 0 amide bonds. The second-order valence-corrected chi connectivity index (χ2v) is 14.6. The Labute approximate surface area is 110 Å². The Kier molecular flexibility index (Phi) is 7.78. The molecule has 3 N–H and O–H groups in total. The lowest BCUT2D eigenvalue weighted by molar-refractivity contribution is 0.424. The molecule has 0 saturated heterocycles. The highest BCUT2D eigenvalue weighted by molar-refractivity contribution is 6.76. The van der Waals surface area contributed by atoms with Crippen LogP contribution in [0.1, 0.15) is 13.8 Å². The minimum Gasteiger partial charge on any atom is -0.303 e. The molecule has 0 rings (SSSR count). The van der Waals surface area contributed by atoms with Gasteiger partial charge in [-0.2, -0.15) is 0 Å². The van der Waals surface area contributed by atoms with Crippen LogP contribution in [0.4, 0.5) is 0 Å². The third-order valence-electron chi connectivity index (χ3n) is 3.22. The molecule has 0 aromatic heterocycles. The molecule has 104 valence electrons. The first-order valence-corrected chi connectivity index (χ1v) is 12.4. The van der Waals surface area contributed by atoms with Gasteiger partial charge in [-0.1, -0.05) is 33.5 Å². The molecule has 0 radical (unpaired) electrons. The van der Waals surface area contributed by atoms with Crippen LogP contribution in [0.2, 0.25) is 25.7 Å². The van der Waals surface area contributed by atoms with Crippen LogP contribution in [-0.2, 0) is 0 Å². The number of nitrogens with zero attached hydrogens (tertiary/aromatic N) is 1. The van der Waals surface area contributed by atoms with E-state index >= 15 is 0 Å². The molecular formula is C11H32N4Si2. The maximum atomic E-state index is 3.77. The van der Waals surface area contributed by atoms with E-state index in [2.05, 4.69) is 67.1 Å². The molecule has 0 unspecified atom stereocenters. The Morgan fingerprint density at radius 3 is 1.71 bits per heavy atom. The van der Waals surface area contributed by atoms with Gasteiger partial charge in [0.1, 0.15) is 0 Å². The van der Waals surface area contributed by atoms with Crippen LogP contribution in [0.3, 0.4) is 0 Å². The van der Waals surface area contributed by atoms with Crippen LogP contribution >= 0.6 is 0 Å². The fraction of sp³-hybridized carbons (Fsp3) is 1.00. The van der Waals surface area contributed by atoms with Crippen LogP contribution in [0, 0.1) is 0 Å². The summed E-state index contributed by atoms with van der Waals surface area (Å²) in [5, 5.41) is 0. The summed E-state index contributed by atoms with van der Waals surface area (Å²) in [6, 6.07) is 1.33. The van der Waals surface area contributed by atoms with Crippen LogP contribution in [0.25, 0.3) is 0 Å². The van der Waals surface area contributed by atoms with Gasteiger partial charge in [0.15, 0.2) is 0 Å². The Morgan fingerprint density at radius 1 is 0.941 bits per heavy atom. The maximum Gasteiger partial charge on any atom is 0.368 e. The minimum atomic E-state index is -1.87. The summed E-state index contributed by atoms with van der Waals surface area (Å²) in [6.07, 6.45) is 0. The molecule has 0 heterocycles. The maximum absolute atomic E-state index is 3.77. The van der Waals surface area contributed by atoms with Gasteiger partial charge in [-0.05, 0) is 39.8 Å². The Balaban J connectivity index is 4.50. The van der Waals surface area contributed by atoms with Crippen molar-refractivity contribution in [3.8, 4) is 0 Å². The molecule has 17 heavy (non-hydrogen) atoms. The summed E-state index contributed by atoms with van der Waals surface area (Å²) < 4.78 is 2.50. The van der Waals surface area contributed by atoms with Gasteiger partial charge in [0.05, 0.1) is 0 Å². The van der Waals surface area contributed by atoms with E-state index in [0.29, 0.717) is 0 Å². The lowest BCUT2D eigenvalue weighted by Gasteiger charge is -2.40. The third kappa shape index (κ3) is 5.63. The lowest BCUT2D eigenvalue weighted by atomic mass is 10.7. The van der Waals surface area contributed by atoms with Crippen molar-refractivity contribution < 1.29 is 0 Å². The average molecular weight is 277 g/mol. The van der Waals surface area contributed by atoms with Gasteiger partial charge >= 0.3 is 8.72 Å². The summed E-state index contributed by atoms with van der Waals surface area (Å²) in [5.41, 5.74) is 0. The van der Waals surface area contributed by atoms with Crippen molar-refractivity contribution in [2.45, 2.75) is 39.5 Å². The SMILES string of the molecule is CCN(CC)[Si](NC)(NC)NCC[Si](C)(C)C. The number of hydrogen-bond acceptors (Lipinski definition) is 4. The number of hydrogen-bond donors (Lipinski definition) is 3. The Hall–Kier alpha value is 0.274. The zero-order chi connectivity index (χ0) is 13.5. The van der Waals surface area contributed by atoms with Crippen LogP contribution in [0.15, 0.2) is 0 Å². The molecule has 0 saturated carbocycles. The van der Waals surface area contributed by atoms with Crippen molar-refractivity contribution in [3.05, 3.63) is 0 Å². The molecule has 0 spiro atoms. The first kappa shape index (κ1) is 17.3. The van der Waals surface area contributed by atoms with Gasteiger partial charge in [-0.3, -0.25) is 4.57 Å². The van der Waals surface area contributed by atoms with Gasteiger partial charge in [0.2, 0.25) is 0 Å². The standard InChI is InChI=1S/C11H32N4Si2/c1-8-15(9-2)17(12-3,13-4)14-10-11-16(5,6)7/h12-14H,8-11H2,1-7H3. The molecule has 4 nitrogen and oxygen atoms in total. The summed E-state index contributed by atoms with van der Waals surface area (Å²) in [5.74, 6) is 0. The van der Waals surface area contributed by atoms with E-state index in [9.17, 15) is 0 Å². The fourth-order valence-electron chi connectivity index (χ4n) is 2.05. The van der Waals surface area contributed by atoms with Gasteiger partial charge < -0.3 is 14.9 Å². The molecule has 0 fully saturated rings. The zero-order valence-corrected chi connectivity index (χ0v) is 14.8. The van der Waals surface area contributed by atoms with Crippen LogP contribution in [-0.4, -0.2) is 55.1 Å². The molecule has 0 aromatic rings. The predicted octanol–water partition coefficient (Wildman–Crippen LogP) is 1.13. The van der Waals surface area contributed by atoms with Gasteiger partial charge in [0.25, 0.3) is 0 Å². The second-order valence-electron chi connectivity index (χ2n) is 5.62. The van der Waals surface area contributed by atoms with Crippen molar-refractivity contribution in [3.63, 3.8) is 0 Å². The smallest absolute Gasteiger partial charge is 0.303 e. The monoisotopic (exact) mass is 276 g/mol. The van der Waals surface area contributed by atoms with E-state index in [-0.39, 0.29) is 0 Å². The Morgan fingerprint density at radius 2 is 1.41 bits per heavy atom. The highest BCUT2D eigenvalue weighted by atomic mass is 28.4. The summed E-state index contributed by atoms with van der Waals surface area (Å²) in [7, 11) is 1.30. The molecule has 0 aliphatic rings. The fourth-order valence-corrected chi connectivity index (χ4v) is 6.07. The molecule has 0 aliphatic carbocycles. The lowest BCUT2D eigenvalue weighted by Crippen LogP contribution is -2.80. The normalized spacial score (nSPS) is 13.4. The van der Waals surface area contributed by atoms with Gasteiger partial charge in [0, 0.05) is 8.07 Å². The molecule has 0 bridgehead atoms. The highest BCUT2D eigenvalue weighted by Gasteiger charge is 2.37. The van der Waals surface area contributed by atoms with Crippen molar-refractivity contribution in [1.82, 2.24) is 19.5 Å². The van der Waals surface area contributed by atoms with Crippen LogP contribution < -0.4 is 14.9 Å². The molecule has 6 heteroatoms. The second kappa shape index (κ2) is 7.65. The van der Waals surface area contributed by atoms with Gasteiger partial charge in [-0.25, -0.2) is 0 Å². The van der Waals surface area contributed by atoms with E-state index in [1.165, 1.54) is 6.04 Å². The summed E-state index contributed by atoms with van der Waals surface area (Å²) >= 11 is 0. The van der Waals surface area contributed by atoms with E-state index in [4.69, 9.17) is 0 Å². The molecule has 0 aliphatic heterocycles. The van der Waals surface area contributed by atoms with E-state index in [1.54, 1.807) is 0 Å². The quantitative estimate of drug-likeness (QED) is 0.552. The van der Waals surface area contributed by atoms with Crippen molar-refractivity contribution >= 4 is 16.8 Å². The molecule has 0 aromatic carbocycles. The largest absolute Gasteiger partial charge is 0.368 e. The van der Waals surface area contributed by atoms with Crippen LogP contribution in [0.5, 0.6) is 0 Å². The first-order chi connectivity index (χ1) is 7.85. The summed E-state index contributed by atoms with van der Waals surface area (Å²) in [4.78, 5) is 10.8. The van der Waals surface area contributed by atoms with E-state index in [0.717, 1.165) is 19.6 Å². The van der Waals surface area contributed by atoms with E-state index < -0.39 is 16.8 Å². The van der Waals surface area contributed by atoms with Crippen molar-refractivity contribution in [2.24, 2.45) is 0 Å². The van der Waals surface area contributed by atoms with E-state index in [1.807, 2.05) is 0 Å². The predicted molar refractivity (Wildman–Crippen MR) is 83.0 cm³/mol. The summed E-state index contributed by atoms with van der Waals surface area (Å²) in [6.45, 7) is 15.0.